The lowest BCUT2D eigenvalue weighted by atomic mass is 10.0. The molecule has 3 heterocycles. The van der Waals surface area contributed by atoms with E-state index in [-0.39, 0.29) is 22.5 Å². The van der Waals surface area contributed by atoms with Crippen LogP contribution in [-0.2, 0) is 33.8 Å². The predicted molar refractivity (Wildman–Crippen MR) is 180 cm³/mol. The molecule has 0 aliphatic heterocycles. The Morgan fingerprint density at radius 1 is 1.04 bits per heavy atom. The fourth-order valence-electron chi connectivity index (χ4n) is 5.82. The van der Waals surface area contributed by atoms with Crippen LogP contribution in [0.1, 0.15) is 70.2 Å². The first kappa shape index (κ1) is 32.0. The predicted octanol–water partition coefficient (Wildman–Crippen LogP) is 6.48. The molecular weight excluding hydrogens is 608 g/mol. The van der Waals surface area contributed by atoms with Gasteiger partial charge in [0.25, 0.3) is 0 Å². The van der Waals surface area contributed by atoms with E-state index in [1.54, 1.807) is 12.4 Å². The number of pyridine rings is 2. The molecule has 4 aromatic rings. The average Bonchev–Trinajstić information content (AvgIpc) is 3.60. The van der Waals surface area contributed by atoms with Crippen molar-refractivity contribution in [3.63, 3.8) is 0 Å². The summed E-state index contributed by atoms with van der Waals surface area (Å²) in [7, 11) is -5.87. The van der Waals surface area contributed by atoms with Gasteiger partial charge < -0.3 is 9.74 Å². The third-order valence-electron chi connectivity index (χ3n) is 9.56. The van der Waals surface area contributed by atoms with Crippen LogP contribution < -0.4 is 10.0 Å². The first-order valence-corrected chi connectivity index (χ1v) is 20.2. The molecule has 2 aliphatic rings. The van der Waals surface area contributed by atoms with Crippen LogP contribution in [-0.4, -0.2) is 61.3 Å². The van der Waals surface area contributed by atoms with Gasteiger partial charge in [0.05, 0.1) is 47.8 Å². The van der Waals surface area contributed by atoms with Crippen LogP contribution in [0, 0.1) is 0 Å². The number of benzene rings is 1. The molecule has 242 valence electrons. The van der Waals surface area contributed by atoms with E-state index in [2.05, 4.69) is 65.0 Å². The van der Waals surface area contributed by atoms with Gasteiger partial charge in [0.2, 0.25) is 10.0 Å². The number of anilines is 1. The highest BCUT2D eigenvalue weighted by molar-refractivity contribution is 7.89. The number of hydrogen-bond acceptors (Lipinski definition) is 7. The number of rotatable bonds is 11. The minimum Gasteiger partial charge on any atom is -0.415 e. The number of alkyl halides is 1. The highest BCUT2D eigenvalue weighted by Gasteiger charge is 2.37. The minimum atomic E-state index is -4.00. The van der Waals surface area contributed by atoms with Gasteiger partial charge in [-0.25, -0.2) is 17.5 Å². The monoisotopic (exact) mass is 652 g/mol. The van der Waals surface area contributed by atoms with Crippen LogP contribution in [0.3, 0.4) is 0 Å². The number of hydrogen-bond donors (Lipinski definition) is 2. The van der Waals surface area contributed by atoms with Crippen LogP contribution in [0.25, 0.3) is 21.7 Å². The van der Waals surface area contributed by atoms with E-state index < -0.39 is 24.0 Å². The zero-order valence-electron chi connectivity index (χ0n) is 27.4. The maximum Gasteiger partial charge on any atom is 0.241 e. The largest absolute Gasteiger partial charge is 0.415 e. The zero-order valence-corrected chi connectivity index (χ0v) is 29.2. The SMILES string of the molecule is CC(C)(F)CNS(=O)(=O)c1c2c(cc3cnc(C4CC4)cc13)C[C@@H](Nc1cncc3c1cnn3CCO[Si](C)(C)C(C)(C)C)C2. The Labute approximate surface area is 266 Å². The van der Waals surface area contributed by atoms with E-state index in [0.29, 0.717) is 37.3 Å². The fourth-order valence-corrected chi connectivity index (χ4v) is 8.54. The number of nitrogens with zero attached hydrogens (tertiary/aromatic N) is 4. The molecule has 1 saturated carbocycles. The van der Waals surface area contributed by atoms with E-state index in [1.165, 1.54) is 13.8 Å². The van der Waals surface area contributed by atoms with Gasteiger partial charge in [0.1, 0.15) is 5.67 Å². The Morgan fingerprint density at radius 2 is 1.80 bits per heavy atom. The van der Waals surface area contributed by atoms with Gasteiger partial charge in [-0.1, -0.05) is 20.8 Å². The Hall–Kier alpha value is -2.93. The minimum absolute atomic E-state index is 0.0584. The summed E-state index contributed by atoms with van der Waals surface area (Å²) >= 11 is 0. The molecule has 12 heteroatoms. The van der Waals surface area contributed by atoms with Crippen LogP contribution in [0.2, 0.25) is 18.1 Å². The van der Waals surface area contributed by atoms with E-state index in [0.717, 1.165) is 51.6 Å². The summed E-state index contributed by atoms with van der Waals surface area (Å²) < 4.78 is 53.0. The second-order valence-electron chi connectivity index (χ2n) is 14.8. The smallest absolute Gasteiger partial charge is 0.241 e. The van der Waals surface area contributed by atoms with Gasteiger partial charge in [-0.2, -0.15) is 5.10 Å². The highest BCUT2D eigenvalue weighted by atomic mass is 32.2. The fraction of sp³-hybridized carbons (Fsp3) is 0.545. The topological polar surface area (TPSA) is 111 Å². The van der Waals surface area contributed by atoms with Gasteiger partial charge in [0.15, 0.2) is 8.32 Å². The van der Waals surface area contributed by atoms with Crippen molar-refractivity contribution in [2.45, 2.75) is 108 Å². The first-order valence-electron chi connectivity index (χ1n) is 15.9. The highest BCUT2D eigenvalue weighted by Crippen LogP contribution is 2.42. The normalized spacial score (nSPS) is 17.7. The summed E-state index contributed by atoms with van der Waals surface area (Å²) in [5.74, 6) is 0.373. The van der Waals surface area contributed by atoms with E-state index >= 15 is 0 Å². The summed E-state index contributed by atoms with van der Waals surface area (Å²) in [6.07, 6.45) is 10.5. The third kappa shape index (κ3) is 6.65. The standard InChI is InChI=1S/C33H45FN6O3SSi/c1-32(2,3)45(6,7)43-11-10-40-30-19-35-18-29(27(30)17-37-40)39-24-13-22-12-23-16-36-28(21-8-9-21)15-26(23)31(25(22)14-24)44(41,42)38-20-33(4,5)34/h12,15-19,21,24,38-39H,8-11,13-14,20H2,1-7H3/t24-/m1/s1. The Morgan fingerprint density at radius 3 is 2.49 bits per heavy atom. The molecule has 0 spiro atoms. The molecule has 0 radical (unpaired) electrons. The number of aromatic nitrogens is 4. The molecule has 45 heavy (non-hydrogen) atoms. The molecule has 1 atom stereocenters. The van der Waals surface area contributed by atoms with Crippen molar-refractivity contribution in [2.24, 2.45) is 0 Å². The molecular formula is C33H45FN6O3SSi. The van der Waals surface area contributed by atoms with Crippen molar-refractivity contribution >= 4 is 45.7 Å². The summed E-state index contributed by atoms with van der Waals surface area (Å²) in [6, 6.07) is 3.93. The van der Waals surface area contributed by atoms with E-state index in [9.17, 15) is 12.8 Å². The quantitative estimate of drug-likeness (QED) is 0.178. The molecule has 0 unspecified atom stereocenters. The molecule has 0 saturated heterocycles. The van der Waals surface area contributed by atoms with Gasteiger partial charge in [-0.15, -0.1) is 0 Å². The van der Waals surface area contributed by atoms with Crippen molar-refractivity contribution in [1.82, 2.24) is 24.5 Å². The van der Waals surface area contributed by atoms with Gasteiger partial charge in [-0.05, 0) is 80.9 Å². The van der Waals surface area contributed by atoms with Crippen molar-refractivity contribution in [2.75, 3.05) is 18.5 Å². The first-order chi connectivity index (χ1) is 21.0. The molecule has 9 nitrogen and oxygen atoms in total. The maximum atomic E-state index is 14.4. The Bertz CT molecular complexity index is 1860. The van der Waals surface area contributed by atoms with Crippen molar-refractivity contribution < 1.29 is 17.2 Å². The number of sulfonamides is 1. The van der Waals surface area contributed by atoms with Crippen LogP contribution >= 0.6 is 0 Å². The zero-order chi connectivity index (χ0) is 32.4. The molecule has 3 aromatic heterocycles. The third-order valence-corrected chi connectivity index (χ3v) is 15.6. The van der Waals surface area contributed by atoms with Crippen LogP contribution in [0.15, 0.2) is 41.8 Å². The molecule has 2 N–H and O–H groups in total. The van der Waals surface area contributed by atoms with Crippen LogP contribution in [0.4, 0.5) is 10.1 Å². The average molecular weight is 653 g/mol. The van der Waals surface area contributed by atoms with E-state index in [4.69, 9.17) is 4.43 Å². The number of fused-ring (bicyclic) bond motifs is 3. The van der Waals surface area contributed by atoms with Gasteiger partial charge in [0, 0.05) is 46.6 Å². The van der Waals surface area contributed by atoms with Gasteiger partial charge in [-0.3, -0.25) is 14.6 Å². The van der Waals surface area contributed by atoms with Crippen molar-refractivity contribution in [1.29, 1.82) is 0 Å². The summed E-state index contributed by atoms with van der Waals surface area (Å²) in [5.41, 5.74) is 2.74. The van der Waals surface area contributed by atoms with Crippen molar-refractivity contribution in [3.05, 3.63) is 53.7 Å². The Kier molecular flexibility index (Phi) is 8.11. The molecule has 1 aromatic carbocycles. The van der Waals surface area contributed by atoms with Crippen molar-refractivity contribution in [3.8, 4) is 0 Å². The molecule has 0 amide bonds. The summed E-state index contributed by atoms with van der Waals surface area (Å²) in [6.45, 7) is 14.8. The lowest BCUT2D eigenvalue weighted by Crippen LogP contribution is -2.41. The molecule has 0 bridgehead atoms. The number of nitrogens with one attached hydrogen (secondary N) is 2. The summed E-state index contributed by atoms with van der Waals surface area (Å²) in [5, 5.41) is 10.8. The van der Waals surface area contributed by atoms with Crippen LogP contribution in [0.5, 0.6) is 0 Å². The maximum absolute atomic E-state index is 14.4. The lowest BCUT2D eigenvalue weighted by molar-refractivity contribution is 0.221. The summed E-state index contributed by atoms with van der Waals surface area (Å²) in [4.78, 5) is 9.41. The second kappa shape index (κ2) is 11.4. The van der Waals surface area contributed by atoms with Gasteiger partial charge >= 0.3 is 0 Å². The van der Waals surface area contributed by atoms with E-state index in [1.807, 2.05) is 23.1 Å². The second-order valence-corrected chi connectivity index (χ2v) is 21.4. The number of halogens is 1. The molecule has 1 fully saturated rings. The molecule has 6 rings (SSSR count). The lowest BCUT2D eigenvalue weighted by Gasteiger charge is -2.36. The Balaban J connectivity index is 1.27. The molecule has 2 aliphatic carbocycles.